The Balaban J connectivity index is 1.91. The van der Waals surface area contributed by atoms with Crippen LogP contribution in [0.25, 0.3) is 0 Å². The molecule has 2 N–H and O–H groups in total. The molecule has 110 valence electrons. The zero-order valence-electron chi connectivity index (χ0n) is 11.8. The summed E-state index contributed by atoms with van der Waals surface area (Å²) in [6.45, 7) is 1.76. The van der Waals surface area contributed by atoms with Gasteiger partial charge in [0.25, 0.3) is 10.0 Å². The molecule has 0 heterocycles. The van der Waals surface area contributed by atoms with Crippen molar-refractivity contribution in [3.63, 3.8) is 0 Å². The lowest BCUT2D eigenvalue weighted by atomic mass is 10.1. The number of aryl methyl sites for hydroxylation is 3. The topological polar surface area (TPSA) is 66.4 Å². The van der Waals surface area contributed by atoms with Crippen LogP contribution in [0.3, 0.4) is 0 Å². The van der Waals surface area contributed by atoms with Gasteiger partial charge in [-0.3, -0.25) is 4.72 Å². The van der Waals surface area contributed by atoms with Gasteiger partial charge in [-0.15, -0.1) is 0 Å². The van der Waals surface area contributed by atoms with Gasteiger partial charge in [-0.1, -0.05) is 12.1 Å². The summed E-state index contributed by atoms with van der Waals surface area (Å²) in [6, 6.07) is 10.0. The Labute approximate surface area is 124 Å². The van der Waals surface area contributed by atoms with E-state index in [4.69, 9.17) is 0 Å². The molecular weight excluding hydrogens is 286 g/mol. The molecule has 0 saturated heterocycles. The van der Waals surface area contributed by atoms with E-state index in [-0.39, 0.29) is 10.6 Å². The SMILES string of the molecule is Cc1ccc(NS(=O)(=O)c2ccc3c(c2)CCC3)cc1O. The molecule has 0 fully saturated rings. The third-order valence-electron chi connectivity index (χ3n) is 3.84. The van der Waals surface area contributed by atoms with Crippen molar-refractivity contribution in [1.82, 2.24) is 0 Å². The summed E-state index contributed by atoms with van der Waals surface area (Å²) in [5.74, 6) is 0.0733. The molecule has 3 rings (SSSR count). The van der Waals surface area contributed by atoms with E-state index in [0.29, 0.717) is 11.3 Å². The maximum Gasteiger partial charge on any atom is 0.261 e. The molecular formula is C16H17NO3S. The molecule has 2 aromatic carbocycles. The van der Waals surface area contributed by atoms with Gasteiger partial charge in [-0.05, 0) is 61.1 Å². The van der Waals surface area contributed by atoms with Gasteiger partial charge < -0.3 is 5.11 Å². The van der Waals surface area contributed by atoms with Crippen molar-refractivity contribution in [2.75, 3.05) is 4.72 Å². The second-order valence-corrected chi connectivity index (χ2v) is 7.07. The Bertz CT molecular complexity index is 797. The second-order valence-electron chi connectivity index (χ2n) is 5.39. The summed E-state index contributed by atoms with van der Waals surface area (Å²) in [5, 5.41) is 9.66. The molecule has 0 aromatic heterocycles. The zero-order valence-corrected chi connectivity index (χ0v) is 12.6. The van der Waals surface area contributed by atoms with Crippen LogP contribution in [0.2, 0.25) is 0 Å². The molecule has 0 bridgehead atoms. The molecule has 1 aliphatic carbocycles. The predicted molar refractivity (Wildman–Crippen MR) is 82.1 cm³/mol. The number of nitrogens with one attached hydrogen (secondary N) is 1. The van der Waals surface area contributed by atoms with Gasteiger partial charge in [0, 0.05) is 6.07 Å². The molecule has 0 atom stereocenters. The van der Waals surface area contributed by atoms with Gasteiger partial charge in [0.15, 0.2) is 0 Å². The molecule has 2 aromatic rings. The van der Waals surface area contributed by atoms with Crippen LogP contribution in [-0.2, 0) is 22.9 Å². The van der Waals surface area contributed by atoms with Gasteiger partial charge in [-0.2, -0.15) is 0 Å². The average Bonchev–Trinajstić information content (AvgIpc) is 2.90. The molecule has 0 spiro atoms. The molecule has 0 amide bonds. The highest BCUT2D eigenvalue weighted by Crippen LogP contribution is 2.27. The maximum absolute atomic E-state index is 12.4. The van der Waals surface area contributed by atoms with E-state index in [1.807, 2.05) is 6.07 Å². The van der Waals surface area contributed by atoms with Gasteiger partial charge in [0.05, 0.1) is 10.6 Å². The number of hydrogen-bond acceptors (Lipinski definition) is 3. The van der Waals surface area contributed by atoms with Crippen LogP contribution in [0.15, 0.2) is 41.3 Å². The van der Waals surface area contributed by atoms with Crippen LogP contribution in [0.5, 0.6) is 5.75 Å². The summed E-state index contributed by atoms with van der Waals surface area (Å²) in [4.78, 5) is 0.267. The first-order chi connectivity index (χ1) is 9.95. The van der Waals surface area contributed by atoms with Crippen LogP contribution in [0.4, 0.5) is 5.69 Å². The van der Waals surface area contributed by atoms with Crippen molar-refractivity contribution in [2.24, 2.45) is 0 Å². The Hall–Kier alpha value is -2.01. The molecule has 0 saturated carbocycles. The number of sulfonamides is 1. The monoisotopic (exact) mass is 303 g/mol. The summed E-state index contributed by atoms with van der Waals surface area (Å²) in [6.07, 6.45) is 3.04. The smallest absolute Gasteiger partial charge is 0.261 e. The fourth-order valence-electron chi connectivity index (χ4n) is 2.60. The van der Waals surface area contributed by atoms with Gasteiger partial charge >= 0.3 is 0 Å². The molecule has 0 aliphatic heterocycles. The third kappa shape index (κ3) is 2.74. The minimum Gasteiger partial charge on any atom is -0.508 e. The summed E-state index contributed by atoms with van der Waals surface area (Å²) < 4.78 is 27.3. The van der Waals surface area contributed by atoms with E-state index < -0.39 is 10.0 Å². The minimum atomic E-state index is -3.63. The van der Waals surface area contributed by atoms with Crippen LogP contribution in [-0.4, -0.2) is 13.5 Å². The highest BCUT2D eigenvalue weighted by Gasteiger charge is 2.18. The highest BCUT2D eigenvalue weighted by atomic mass is 32.2. The Morgan fingerprint density at radius 3 is 2.57 bits per heavy atom. The maximum atomic E-state index is 12.4. The number of rotatable bonds is 3. The van der Waals surface area contributed by atoms with Crippen molar-refractivity contribution < 1.29 is 13.5 Å². The molecule has 0 unspecified atom stereocenters. The molecule has 4 nitrogen and oxygen atoms in total. The highest BCUT2D eigenvalue weighted by molar-refractivity contribution is 7.92. The van der Waals surface area contributed by atoms with Crippen LogP contribution in [0, 0.1) is 6.92 Å². The summed E-state index contributed by atoms with van der Waals surface area (Å²) >= 11 is 0. The Morgan fingerprint density at radius 2 is 1.81 bits per heavy atom. The second kappa shape index (κ2) is 5.07. The van der Waals surface area contributed by atoms with E-state index >= 15 is 0 Å². The summed E-state index contributed by atoms with van der Waals surface area (Å²) in [5.41, 5.74) is 3.42. The van der Waals surface area contributed by atoms with E-state index in [2.05, 4.69) is 4.72 Å². The number of fused-ring (bicyclic) bond motifs is 1. The van der Waals surface area contributed by atoms with Crippen molar-refractivity contribution in [3.8, 4) is 5.75 Å². The van der Waals surface area contributed by atoms with Crippen molar-refractivity contribution in [3.05, 3.63) is 53.1 Å². The predicted octanol–water partition coefficient (Wildman–Crippen LogP) is 2.99. The number of hydrogen-bond donors (Lipinski definition) is 2. The van der Waals surface area contributed by atoms with Gasteiger partial charge in [-0.25, -0.2) is 8.42 Å². The first-order valence-electron chi connectivity index (χ1n) is 6.90. The van der Waals surface area contributed by atoms with Crippen molar-refractivity contribution in [1.29, 1.82) is 0 Å². The van der Waals surface area contributed by atoms with Crippen molar-refractivity contribution >= 4 is 15.7 Å². The van der Waals surface area contributed by atoms with Gasteiger partial charge in [0.2, 0.25) is 0 Å². The first-order valence-corrected chi connectivity index (χ1v) is 8.38. The lowest BCUT2D eigenvalue weighted by Gasteiger charge is -2.10. The number of benzene rings is 2. The normalized spacial score (nSPS) is 14.0. The molecule has 5 heteroatoms. The number of aromatic hydroxyl groups is 1. The third-order valence-corrected chi connectivity index (χ3v) is 5.22. The van der Waals surface area contributed by atoms with Gasteiger partial charge in [0.1, 0.15) is 5.75 Å². The quantitative estimate of drug-likeness (QED) is 0.916. The Kier molecular flexibility index (Phi) is 3.37. The number of phenolic OH excluding ortho intramolecular Hbond substituents is 1. The molecule has 0 radical (unpaired) electrons. The van der Waals surface area contributed by atoms with E-state index in [9.17, 15) is 13.5 Å². The lowest BCUT2D eigenvalue weighted by Crippen LogP contribution is -2.13. The van der Waals surface area contributed by atoms with E-state index in [0.717, 1.165) is 24.8 Å². The largest absolute Gasteiger partial charge is 0.508 e. The Morgan fingerprint density at radius 1 is 1.05 bits per heavy atom. The minimum absolute atomic E-state index is 0.0733. The fourth-order valence-corrected chi connectivity index (χ4v) is 3.70. The number of anilines is 1. The number of phenols is 1. The summed E-state index contributed by atoms with van der Waals surface area (Å²) in [7, 11) is -3.63. The van der Waals surface area contributed by atoms with Crippen LogP contribution < -0.4 is 4.72 Å². The zero-order chi connectivity index (χ0) is 15.0. The first kappa shape index (κ1) is 13.9. The molecule has 21 heavy (non-hydrogen) atoms. The van der Waals surface area contributed by atoms with E-state index in [1.54, 1.807) is 31.2 Å². The van der Waals surface area contributed by atoms with Crippen molar-refractivity contribution in [2.45, 2.75) is 31.1 Å². The van der Waals surface area contributed by atoms with Crippen LogP contribution >= 0.6 is 0 Å². The molecule has 1 aliphatic rings. The average molecular weight is 303 g/mol. The van der Waals surface area contributed by atoms with E-state index in [1.165, 1.54) is 11.6 Å². The van der Waals surface area contributed by atoms with Crippen LogP contribution in [0.1, 0.15) is 23.1 Å². The fraction of sp³-hybridized carbons (Fsp3) is 0.250. The standard InChI is InChI=1S/C16H17NO3S/c1-11-5-7-14(10-16(11)18)17-21(19,20)15-8-6-12-3-2-4-13(12)9-15/h5-10,17-18H,2-4H2,1H3. The lowest BCUT2D eigenvalue weighted by molar-refractivity contribution is 0.471.